The molecule has 0 amide bonds. The fraction of sp³-hybridized carbons (Fsp3) is 0. The van der Waals surface area contributed by atoms with Crippen LogP contribution in [0.2, 0.25) is 0 Å². The van der Waals surface area contributed by atoms with Crippen molar-refractivity contribution in [3.05, 3.63) is 46.8 Å². The van der Waals surface area contributed by atoms with E-state index in [1.165, 1.54) is 0 Å². The fourth-order valence-electron chi connectivity index (χ4n) is 2.06. The summed E-state index contributed by atoms with van der Waals surface area (Å²) < 4.78 is 3.13. The number of thiazole rings is 1. The SMILES string of the molecule is Brc1ccc(-c2csc3c4ncnc-4ncn23)cc1. The number of benzene rings is 1. The van der Waals surface area contributed by atoms with Gasteiger partial charge in [0, 0.05) is 9.85 Å². The van der Waals surface area contributed by atoms with Crippen LogP contribution in [0.15, 0.2) is 46.8 Å². The van der Waals surface area contributed by atoms with E-state index >= 15 is 0 Å². The van der Waals surface area contributed by atoms with Crippen molar-refractivity contribution in [2.75, 3.05) is 0 Å². The molecule has 1 aromatic heterocycles. The molecule has 0 spiro atoms. The lowest BCUT2D eigenvalue weighted by Gasteiger charge is -2.03. The van der Waals surface area contributed by atoms with Gasteiger partial charge < -0.3 is 0 Å². The topological polar surface area (TPSA) is 43.1 Å². The van der Waals surface area contributed by atoms with E-state index in [0.29, 0.717) is 5.82 Å². The highest BCUT2D eigenvalue weighted by molar-refractivity contribution is 9.10. The Balaban J connectivity index is 2.01. The van der Waals surface area contributed by atoms with Crippen LogP contribution in [0.3, 0.4) is 0 Å². The summed E-state index contributed by atoms with van der Waals surface area (Å²) in [4.78, 5) is 13.8. The van der Waals surface area contributed by atoms with Crippen LogP contribution in [0, 0.1) is 0 Å². The van der Waals surface area contributed by atoms with E-state index in [4.69, 9.17) is 0 Å². The predicted molar refractivity (Wildman–Crippen MR) is 78.4 cm³/mol. The van der Waals surface area contributed by atoms with Gasteiger partial charge in [0.25, 0.3) is 0 Å². The third-order valence-corrected chi connectivity index (χ3v) is 4.46. The van der Waals surface area contributed by atoms with Crippen LogP contribution in [0.1, 0.15) is 0 Å². The number of hydrogen-bond acceptors (Lipinski definition) is 4. The molecule has 0 fully saturated rings. The van der Waals surface area contributed by atoms with Gasteiger partial charge in [-0.15, -0.1) is 11.3 Å². The van der Waals surface area contributed by atoms with Crippen molar-refractivity contribution < 1.29 is 0 Å². The van der Waals surface area contributed by atoms with Gasteiger partial charge in [0.1, 0.15) is 23.2 Å². The molecule has 0 atom stereocenters. The average Bonchev–Trinajstić information content (AvgIpc) is 3.04. The number of rotatable bonds is 1. The van der Waals surface area contributed by atoms with Crippen LogP contribution in [-0.4, -0.2) is 19.4 Å². The fourth-order valence-corrected chi connectivity index (χ4v) is 3.32. The lowest BCUT2D eigenvalue weighted by atomic mass is 10.2. The van der Waals surface area contributed by atoms with Crippen LogP contribution in [0.25, 0.3) is 27.6 Å². The summed E-state index contributed by atoms with van der Waals surface area (Å²) in [6.07, 6.45) is 3.36. The minimum atomic E-state index is 0.698. The molecular weight excluding hydrogens is 324 g/mol. The highest BCUT2D eigenvalue weighted by Gasteiger charge is 2.15. The van der Waals surface area contributed by atoms with E-state index in [1.807, 2.05) is 12.1 Å². The van der Waals surface area contributed by atoms with E-state index in [9.17, 15) is 0 Å². The molecule has 4 rings (SSSR count). The zero-order valence-corrected chi connectivity index (χ0v) is 12.0. The minimum absolute atomic E-state index is 0.698. The van der Waals surface area contributed by atoms with Crippen molar-refractivity contribution in [2.24, 2.45) is 0 Å². The zero-order valence-electron chi connectivity index (χ0n) is 9.62. The first-order valence-electron chi connectivity index (χ1n) is 5.64. The lowest BCUT2D eigenvalue weighted by Crippen LogP contribution is -1.94. The molecule has 0 radical (unpaired) electrons. The maximum Gasteiger partial charge on any atom is 0.184 e. The third-order valence-electron chi connectivity index (χ3n) is 2.98. The Morgan fingerprint density at radius 3 is 2.74 bits per heavy atom. The van der Waals surface area contributed by atoms with Gasteiger partial charge in [0.05, 0.1) is 5.69 Å². The van der Waals surface area contributed by atoms with Crippen LogP contribution in [-0.2, 0) is 0 Å². The van der Waals surface area contributed by atoms with Gasteiger partial charge in [0.15, 0.2) is 5.82 Å². The van der Waals surface area contributed by atoms with Gasteiger partial charge in [-0.1, -0.05) is 28.1 Å². The molecule has 92 valence electrons. The second-order valence-electron chi connectivity index (χ2n) is 4.09. The summed E-state index contributed by atoms with van der Waals surface area (Å²) in [7, 11) is 0. The molecule has 0 saturated heterocycles. The number of fused-ring (bicyclic) bond motifs is 3. The molecule has 4 nitrogen and oxygen atoms in total. The van der Waals surface area contributed by atoms with Gasteiger partial charge in [-0.3, -0.25) is 4.40 Å². The molecule has 0 aliphatic carbocycles. The first-order valence-corrected chi connectivity index (χ1v) is 7.31. The zero-order chi connectivity index (χ0) is 12.8. The normalized spacial score (nSPS) is 11.4. The van der Waals surface area contributed by atoms with Gasteiger partial charge in [-0.05, 0) is 17.7 Å². The van der Waals surface area contributed by atoms with Gasteiger partial charge >= 0.3 is 0 Å². The summed E-state index contributed by atoms with van der Waals surface area (Å²) in [6, 6.07) is 8.24. The molecular formula is C13H7BrN4S. The molecule has 0 N–H and O–H groups in total. The molecule has 1 aromatic carbocycles. The lowest BCUT2D eigenvalue weighted by molar-refractivity contribution is 1.08. The van der Waals surface area contributed by atoms with E-state index in [0.717, 1.165) is 26.3 Å². The third kappa shape index (κ3) is 1.67. The summed E-state index contributed by atoms with van der Waals surface area (Å²) in [6.45, 7) is 0. The minimum Gasteiger partial charge on any atom is -0.289 e. The Kier molecular flexibility index (Phi) is 2.39. The van der Waals surface area contributed by atoms with Crippen molar-refractivity contribution in [1.82, 2.24) is 19.4 Å². The summed E-state index contributed by atoms with van der Waals surface area (Å²) in [5.74, 6) is 0.698. The molecule has 2 aliphatic heterocycles. The Bertz CT molecular complexity index is 834. The molecule has 2 aromatic rings. The van der Waals surface area contributed by atoms with Gasteiger partial charge in [-0.2, -0.15) is 0 Å². The molecule has 6 heteroatoms. The quantitative estimate of drug-likeness (QED) is 0.534. The smallest absolute Gasteiger partial charge is 0.184 e. The van der Waals surface area contributed by atoms with Gasteiger partial charge in [-0.25, -0.2) is 15.0 Å². The van der Waals surface area contributed by atoms with E-state index in [2.05, 4.69) is 52.8 Å². The standard InChI is InChI=1S/C13H7BrN4S/c14-9-3-1-8(2-4-9)10-5-19-13-11-12(16-6-15-11)17-7-18(10)13/h1-7H. The monoisotopic (exact) mass is 330 g/mol. The average molecular weight is 331 g/mol. The van der Waals surface area contributed by atoms with E-state index < -0.39 is 0 Å². The Morgan fingerprint density at radius 2 is 1.89 bits per heavy atom. The second kappa shape index (κ2) is 4.11. The first-order chi connectivity index (χ1) is 9.33. The highest BCUT2D eigenvalue weighted by Crippen LogP contribution is 2.31. The van der Waals surface area contributed by atoms with Gasteiger partial charge in [0.2, 0.25) is 0 Å². The van der Waals surface area contributed by atoms with Crippen molar-refractivity contribution in [3.63, 3.8) is 0 Å². The molecule has 19 heavy (non-hydrogen) atoms. The maximum absolute atomic E-state index is 4.33. The van der Waals surface area contributed by atoms with E-state index in [-0.39, 0.29) is 0 Å². The van der Waals surface area contributed by atoms with Crippen molar-refractivity contribution in [2.45, 2.75) is 0 Å². The molecule has 2 aliphatic rings. The molecule has 3 heterocycles. The van der Waals surface area contributed by atoms with Crippen LogP contribution in [0.4, 0.5) is 0 Å². The number of halogens is 1. The number of hydrogen-bond donors (Lipinski definition) is 0. The maximum atomic E-state index is 4.33. The number of aromatic nitrogens is 4. The number of nitrogens with zero attached hydrogens (tertiary/aromatic N) is 4. The summed E-state index contributed by atoms with van der Waals surface area (Å²) >= 11 is 5.11. The largest absolute Gasteiger partial charge is 0.289 e. The first kappa shape index (κ1) is 11.1. The van der Waals surface area contributed by atoms with Crippen molar-refractivity contribution in [3.8, 4) is 22.8 Å². The highest BCUT2D eigenvalue weighted by atomic mass is 79.9. The second-order valence-corrected chi connectivity index (χ2v) is 5.87. The molecule has 0 saturated carbocycles. The molecule has 0 bridgehead atoms. The molecule has 0 unspecified atom stereocenters. The predicted octanol–water partition coefficient (Wildman–Crippen LogP) is 3.72. The van der Waals surface area contributed by atoms with Crippen molar-refractivity contribution in [1.29, 1.82) is 0 Å². The van der Waals surface area contributed by atoms with Crippen LogP contribution < -0.4 is 0 Å². The van der Waals surface area contributed by atoms with Crippen LogP contribution in [0.5, 0.6) is 0 Å². The summed E-state index contributed by atoms with van der Waals surface area (Å²) in [5, 5.41) is 2.12. The van der Waals surface area contributed by atoms with E-state index in [1.54, 1.807) is 24.0 Å². The Labute approximate surface area is 121 Å². The number of imidazole rings is 1. The van der Waals surface area contributed by atoms with Crippen LogP contribution >= 0.6 is 27.3 Å². The summed E-state index contributed by atoms with van der Waals surface area (Å²) in [5.41, 5.74) is 3.13. The Hall–Kier alpha value is -1.79. The Morgan fingerprint density at radius 1 is 1.05 bits per heavy atom. The van der Waals surface area contributed by atoms with Crippen molar-refractivity contribution >= 4 is 32.1 Å².